The summed E-state index contributed by atoms with van der Waals surface area (Å²) >= 11 is 0. The summed E-state index contributed by atoms with van der Waals surface area (Å²) in [7, 11) is -3.03. The van der Waals surface area contributed by atoms with E-state index in [9.17, 15) is 8.42 Å². The molecule has 2 atom stereocenters. The third kappa shape index (κ3) is 2.52. The predicted octanol–water partition coefficient (Wildman–Crippen LogP) is 0.552. The minimum absolute atomic E-state index is 0.205. The second kappa shape index (κ2) is 4.39. The van der Waals surface area contributed by atoms with Gasteiger partial charge in [-0.1, -0.05) is 6.42 Å². The highest BCUT2D eigenvalue weighted by molar-refractivity contribution is 7.88. The quantitative estimate of drug-likeness (QED) is 0.718. The number of nitrogens with zero attached hydrogens (tertiary/aromatic N) is 1. The van der Waals surface area contributed by atoms with E-state index in [-0.39, 0.29) is 6.04 Å². The smallest absolute Gasteiger partial charge is 0.211 e. The molecule has 2 saturated heterocycles. The maximum absolute atomic E-state index is 11.7. The van der Waals surface area contributed by atoms with Crippen LogP contribution in [-0.2, 0) is 10.0 Å². The standard InChI is InChI=1S/C10H20N2O2S/c1-15(13,14)12-8-3-2-5-9-10(12)6-4-7-11-9/h9-11H,2-8H2,1H3/t9-,10-/m1/s1. The van der Waals surface area contributed by atoms with Crippen LogP contribution in [0.5, 0.6) is 0 Å². The normalized spacial score (nSPS) is 34.5. The second-order valence-electron chi connectivity index (χ2n) is 4.64. The Morgan fingerprint density at radius 1 is 1.20 bits per heavy atom. The predicted molar refractivity (Wildman–Crippen MR) is 60.2 cm³/mol. The van der Waals surface area contributed by atoms with Crippen LogP contribution in [0.25, 0.3) is 0 Å². The number of hydrogen-bond acceptors (Lipinski definition) is 3. The first kappa shape index (κ1) is 11.4. The van der Waals surface area contributed by atoms with Gasteiger partial charge < -0.3 is 5.32 Å². The summed E-state index contributed by atoms with van der Waals surface area (Å²) in [6.45, 7) is 1.75. The van der Waals surface area contributed by atoms with Crippen molar-refractivity contribution in [2.45, 2.75) is 44.2 Å². The van der Waals surface area contributed by atoms with E-state index >= 15 is 0 Å². The first-order valence-corrected chi connectivity index (χ1v) is 7.64. The summed E-state index contributed by atoms with van der Waals surface area (Å²) < 4.78 is 25.1. The van der Waals surface area contributed by atoms with Crippen molar-refractivity contribution < 1.29 is 8.42 Å². The highest BCUT2D eigenvalue weighted by Crippen LogP contribution is 2.25. The Morgan fingerprint density at radius 3 is 2.73 bits per heavy atom. The zero-order valence-electron chi connectivity index (χ0n) is 9.28. The molecule has 88 valence electrons. The lowest BCUT2D eigenvalue weighted by Crippen LogP contribution is -2.53. The van der Waals surface area contributed by atoms with Gasteiger partial charge in [-0.05, 0) is 32.2 Å². The molecule has 0 spiro atoms. The molecule has 0 aromatic heterocycles. The van der Waals surface area contributed by atoms with Crippen molar-refractivity contribution in [2.24, 2.45) is 0 Å². The summed E-state index contributed by atoms with van der Waals surface area (Å²) in [6.07, 6.45) is 6.71. The fourth-order valence-corrected chi connectivity index (χ4v) is 3.99. The van der Waals surface area contributed by atoms with Gasteiger partial charge in [0.25, 0.3) is 0 Å². The van der Waals surface area contributed by atoms with E-state index in [4.69, 9.17) is 0 Å². The van der Waals surface area contributed by atoms with E-state index in [0.29, 0.717) is 12.6 Å². The van der Waals surface area contributed by atoms with Gasteiger partial charge in [-0.3, -0.25) is 0 Å². The summed E-state index contributed by atoms with van der Waals surface area (Å²) in [6, 6.07) is 0.590. The van der Waals surface area contributed by atoms with E-state index in [1.807, 2.05) is 0 Å². The van der Waals surface area contributed by atoms with Crippen molar-refractivity contribution in [1.29, 1.82) is 0 Å². The van der Waals surface area contributed by atoms with Crippen LogP contribution >= 0.6 is 0 Å². The monoisotopic (exact) mass is 232 g/mol. The third-order valence-electron chi connectivity index (χ3n) is 3.49. The van der Waals surface area contributed by atoms with Crippen molar-refractivity contribution >= 4 is 10.0 Å². The zero-order chi connectivity index (χ0) is 10.9. The zero-order valence-corrected chi connectivity index (χ0v) is 10.1. The van der Waals surface area contributed by atoms with Gasteiger partial charge in [-0.15, -0.1) is 0 Å². The summed E-state index contributed by atoms with van der Waals surface area (Å²) in [5.41, 5.74) is 0. The van der Waals surface area contributed by atoms with Crippen LogP contribution in [0.4, 0.5) is 0 Å². The van der Waals surface area contributed by atoms with Crippen molar-refractivity contribution in [3.8, 4) is 0 Å². The average Bonchev–Trinajstić information content (AvgIpc) is 2.38. The highest BCUT2D eigenvalue weighted by Gasteiger charge is 2.35. The van der Waals surface area contributed by atoms with Crippen LogP contribution in [0.15, 0.2) is 0 Å². The lowest BCUT2D eigenvalue weighted by Gasteiger charge is -2.37. The van der Waals surface area contributed by atoms with E-state index < -0.39 is 10.0 Å². The Bertz CT molecular complexity index is 315. The molecule has 2 aliphatic rings. The largest absolute Gasteiger partial charge is 0.312 e. The first-order chi connectivity index (χ1) is 7.09. The number of rotatable bonds is 1. The minimum Gasteiger partial charge on any atom is -0.312 e. The molecule has 0 unspecified atom stereocenters. The minimum atomic E-state index is -3.03. The van der Waals surface area contributed by atoms with Gasteiger partial charge in [0, 0.05) is 18.6 Å². The van der Waals surface area contributed by atoms with Gasteiger partial charge in [0.2, 0.25) is 10.0 Å². The maximum atomic E-state index is 11.7. The van der Waals surface area contributed by atoms with Crippen LogP contribution in [0.2, 0.25) is 0 Å². The first-order valence-electron chi connectivity index (χ1n) is 5.79. The van der Waals surface area contributed by atoms with Crippen LogP contribution in [0.1, 0.15) is 32.1 Å². The molecule has 5 heteroatoms. The highest BCUT2D eigenvalue weighted by atomic mass is 32.2. The molecular formula is C10H20N2O2S. The fourth-order valence-electron chi connectivity index (χ4n) is 2.78. The van der Waals surface area contributed by atoms with Crippen molar-refractivity contribution in [3.05, 3.63) is 0 Å². The number of sulfonamides is 1. The maximum Gasteiger partial charge on any atom is 0.211 e. The van der Waals surface area contributed by atoms with Crippen molar-refractivity contribution in [3.63, 3.8) is 0 Å². The van der Waals surface area contributed by atoms with Gasteiger partial charge >= 0.3 is 0 Å². The van der Waals surface area contributed by atoms with Gasteiger partial charge in [0.05, 0.1) is 6.26 Å². The topological polar surface area (TPSA) is 49.4 Å². The van der Waals surface area contributed by atoms with Gasteiger partial charge in [0.15, 0.2) is 0 Å². The molecule has 0 bridgehead atoms. The van der Waals surface area contributed by atoms with E-state index in [1.54, 1.807) is 4.31 Å². The lowest BCUT2D eigenvalue weighted by molar-refractivity contribution is 0.223. The molecule has 0 aromatic carbocycles. The van der Waals surface area contributed by atoms with Gasteiger partial charge in [0.1, 0.15) is 0 Å². The summed E-state index contributed by atoms with van der Waals surface area (Å²) in [5, 5.41) is 3.46. The SMILES string of the molecule is CS(=O)(=O)N1CCCC[C@H]2NCCC[C@H]21. The molecule has 1 N–H and O–H groups in total. The van der Waals surface area contributed by atoms with Crippen LogP contribution in [-0.4, -0.2) is 44.2 Å². The van der Waals surface area contributed by atoms with Crippen LogP contribution in [0.3, 0.4) is 0 Å². The van der Waals surface area contributed by atoms with Crippen LogP contribution in [0, 0.1) is 0 Å². The summed E-state index contributed by atoms with van der Waals surface area (Å²) in [4.78, 5) is 0. The molecule has 0 radical (unpaired) electrons. The number of nitrogens with one attached hydrogen (secondary N) is 1. The van der Waals surface area contributed by atoms with E-state index in [0.717, 1.165) is 38.6 Å². The molecule has 0 aliphatic carbocycles. The van der Waals surface area contributed by atoms with Gasteiger partial charge in [-0.2, -0.15) is 4.31 Å². The average molecular weight is 232 g/mol. The molecule has 2 fully saturated rings. The Labute approximate surface area is 92.1 Å². The Kier molecular flexibility index (Phi) is 3.33. The molecule has 0 saturated carbocycles. The Hall–Kier alpha value is -0.130. The third-order valence-corrected chi connectivity index (χ3v) is 4.79. The van der Waals surface area contributed by atoms with Crippen molar-refractivity contribution in [2.75, 3.05) is 19.3 Å². The molecule has 2 rings (SSSR count). The molecule has 4 nitrogen and oxygen atoms in total. The Morgan fingerprint density at radius 2 is 2.00 bits per heavy atom. The second-order valence-corrected chi connectivity index (χ2v) is 6.57. The molecule has 15 heavy (non-hydrogen) atoms. The Balaban J connectivity index is 2.20. The number of fused-ring (bicyclic) bond motifs is 1. The van der Waals surface area contributed by atoms with Crippen LogP contribution < -0.4 is 5.32 Å². The number of piperidine rings is 1. The van der Waals surface area contributed by atoms with Gasteiger partial charge in [-0.25, -0.2) is 8.42 Å². The number of hydrogen-bond donors (Lipinski definition) is 1. The van der Waals surface area contributed by atoms with Crippen molar-refractivity contribution in [1.82, 2.24) is 9.62 Å². The van der Waals surface area contributed by atoms with E-state index in [1.165, 1.54) is 6.26 Å². The van der Waals surface area contributed by atoms with E-state index in [2.05, 4.69) is 5.32 Å². The fraction of sp³-hybridized carbons (Fsp3) is 1.00. The molecule has 0 aromatic rings. The molecular weight excluding hydrogens is 212 g/mol. The molecule has 2 aliphatic heterocycles. The lowest BCUT2D eigenvalue weighted by atomic mass is 9.96. The molecule has 2 heterocycles. The summed E-state index contributed by atoms with van der Waals surface area (Å²) in [5.74, 6) is 0. The molecule has 0 amide bonds.